The van der Waals surface area contributed by atoms with Crippen molar-refractivity contribution in [1.82, 2.24) is 9.88 Å². The first kappa shape index (κ1) is 18.9. The van der Waals surface area contributed by atoms with Gasteiger partial charge in [0.1, 0.15) is 11.5 Å². The summed E-state index contributed by atoms with van der Waals surface area (Å²) in [7, 11) is 0. The Hall–Kier alpha value is -2.14. The van der Waals surface area contributed by atoms with Gasteiger partial charge in [-0.2, -0.15) is 0 Å². The van der Waals surface area contributed by atoms with Crippen molar-refractivity contribution in [2.24, 2.45) is 5.92 Å². The van der Waals surface area contributed by atoms with Crippen LogP contribution in [0.3, 0.4) is 0 Å². The SMILES string of the molecule is O=C(C(c1ccccc1)C1CCCC1)N1CCc2oc(C3CCOCC3)nc2C1. The van der Waals surface area contributed by atoms with E-state index in [0.29, 0.717) is 18.4 Å². The Bertz CT molecular complexity index is 835. The number of nitrogens with zero attached hydrogens (tertiary/aromatic N) is 2. The highest BCUT2D eigenvalue weighted by molar-refractivity contribution is 5.84. The van der Waals surface area contributed by atoms with E-state index in [1.54, 1.807) is 0 Å². The molecule has 1 atom stereocenters. The number of amides is 1. The van der Waals surface area contributed by atoms with Crippen LogP contribution in [0.5, 0.6) is 0 Å². The topological polar surface area (TPSA) is 55.6 Å². The van der Waals surface area contributed by atoms with E-state index in [1.165, 1.54) is 18.4 Å². The standard InChI is InChI=1S/C24H30N2O3/c27-24(22(18-8-4-5-9-18)17-6-2-1-3-7-17)26-13-10-21-20(16-26)25-23(29-21)19-11-14-28-15-12-19/h1-3,6-7,18-19,22H,4-5,8-16H2. The first-order valence-corrected chi connectivity index (χ1v) is 11.2. The molecule has 1 unspecified atom stereocenters. The summed E-state index contributed by atoms with van der Waals surface area (Å²) in [6.45, 7) is 2.87. The molecule has 3 aliphatic rings. The largest absolute Gasteiger partial charge is 0.445 e. The Labute approximate surface area is 172 Å². The molecule has 2 aromatic rings. The lowest BCUT2D eigenvalue weighted by atomic mass is 9.83. The highest BCUT2D eigenvalue weighted by Gasteiger charge is 2.37. The minimum atomic E-state index is -0.0258. The monoisotopic (exact) mass is 394 g/mol. The van der Waals surface area contributed by atoms with E-state index in [-0.39, 0.29) is 11.8 Å². The van der Waals surface area contributed by atoms with Crippen LogP contribution >= 0.6 is 0 Å². The molecule has 1 saturated heterocycles. The molecule has 0 N–H and O–H groups in total. The van der Waals surface area contributed by atoms with Crippen molar-refractivity contribution in [3.63, 3.8) is 0 Å². The summed E-state index contributed by atoms with van der Waals surface area (Å²) >= 11 is 0. The molecule has 29 heavy (non-hydrogen) atoms. The summed E-state index contributed by atoms with van der Waals surface area (Å²) in [6.07, 6.45) is 7.50. The van der Waals surface area contributed by atoms with Gasteiger partial charge in [-0.25, -0.2) is 4.98 Å². The lowest BCUT2D eigenvalue weighted by Crippen LogP contribution is -2.40. The lowest BCUT2D eigenvalue weighted by molar-refractivity contribution is -0.135. The first-order chi connectivity index (χ1) is 14.3. The number of aromatic nitrogens is 1. The molecule has 5 rings (SSSR count). The number of benzene rings is 1. The Kier molecular flexibility index (Phi) is 5.40. The Morgan fingerprint density at radius 1 is 1.07 bits per heavy atom. The maximum Gasteiger partial charge on any atom is 0.230 e. The second-order valence-corrected chi connectivity index (χ2v) is 8.75. The molecule has 1 saturated carbocycles. The number of hydrogen-bond acceptors (Lipinski definition) is 4. The van der Waals surface area contributed by atoms with Crippen LogP contribution in [0.2, 0.25) is 0 Å². The summed E-state index contributed by atoms with van der Waals surface area (Å²) in [5, 5.41) is 0. The second-order valence-electron chi connectivity index (χ2n) is 8.75. The summed E-state index contributed by atoms with van der Waals surface area (Å²) in [4.78, 5) is 20.5. The molecule has 5 nitrogen and oxygen atoms in total. The van der Waals surface area contributed by atoms with Gasteiger partial charge < -0.3 is 14.1 Å². The van der Waals surface area contributed by atoms with E-state index in [4.69, 9.17) is 14.1 Å². The predicted molar refractivity (Wildman–Crippen MR) is 110 cm³/mol. The average Bonchev–Trinajstić information content (AvgIpc) is 3.45. The second kappa shape index (κ2) is 8.31. The third-order valence-corrected chi connectivity index (χ3v) is 6.92. The summed E-state index contributed by atoms with van der Waals surface area (Å²) in [5.41, 5.74) is 2.13. The maximum atomic E-state index is 13.7. The fourth-order valence-corrected chi connectivity index (χ4v) is 5.29. The Morgan fingerprint density at radius 3 is 2.59 bits per heavy atom. The van der Waals surface area contributed by atoms with Crippen molar-refractivity contribution < 1.29 is 13.9 Å². The highest BCUT2D eigenvalue weighted by atomic mass is 16.5. The Balaban J connectivity index is 1.35. The maximum absolute atomic E-state index is 13.7. The van der Waals surface area contributed by atoms with Crippen LogP contribution in [-0.4, -0.2) is 35.5 Å². The normalized spacial score (nSPS) is 21.9. The minimum absolute atomic E-state index is 0.0258. The third-order valence-electron chi connectivity index (χ3n) is 6.92. The zero-order valence-corrected chi connectivity index (χ0v) is 17.0. The molecule has 3 heterocycles. The number of hydrogen-bond donors (Lipinski definition) is 0. The van der Waals surface area contributed by atoms with Crippen molar-refractivity contribution in [3.05, 3.63) is 53.2 Å². The number of oxazole rings is 1. The summed E-state index contributed by atoms with van der Waals surface area (Å²) in [5.74, 6) is 2.89. The van der Waals surface area contributed by atoms with Crippen molar-refractivity contribution >= 4 is 5.91 Å². The molecular formula is C24H30N2O3. The van der Waals surface area contributed by atoms with Gasteiger partial charge in [0.05, 0.1) is 12.5 Å². The number of fused-ring (bicyclic) bond motifs is 1. The summed E-state index contributed by atoms with van der Waals surface area (Å²) in [6, 6.07) is 10.4. The number of carbonyl (C=O) groups excluding carboxylic acids is 1. The van der Waals surface area contributed by atoms with Crippen molar-refractivity contribution in [1.29, 1.82) is 0 Å². The van der Waals surface area contributed by atoms with Crippen LogP contribution in [0.1, 0.15) is 73.3 Å². The lowest BCUT2D eigenvalue weighted by Gasteiger charge is -2.32. The molecule has 1 amide bonds. The van der Waals surface area contributed by atoms with Gasteiger partial charge >= 0.3 is 0 Å². The minimum Gasteiger partial charge on any atom is -0.445 e. The van der Waals surface area contributed by atoms with Crippen LogP contribution in [0, 0.1) is 5.92 Å². The molecule has 1 aliphatic carbocycles. The van der Waals surface area contributed by atoms with Gasteiger partial charge in [0.2, 0.25) is 5.91 Å². The molecule has 0 spiro atoms. The quantitative estimate of drug-likeness (QED) is 0.770. The molecular weight excluding hydrogens is 364 g/mol. The van der Waals surface area contributed by atoms with E-state index >= 15 is 0 Å². The summed E-state index contributed by atoms with van der Waals surface area (Å²) < 4.78 is 11.6. The van der Waals surface area contributed by atoms with Crippen LogP contribution in [-0.2, 0) is 22.5 Å². The van der Waals surface area contributed by atoms with Crippen LogP contribution in [0.25, 0.3) is 0 Å². The van der Waals surface area contributed by atoms with Gasteiger partial charge in [0.15, 0.2) is 5.89 Å². The van der Waals surface area contributed by atoms with E-state index in [1.807, 2.05) is 11.0 Å². The Morgan fingerprint density at radius 2 is 1.83 bits per heavy atom. The predicted octanol–water partition coefficient (Wildman–Crippen LogP) is 4.43. The van der Waals surface area contributed by atoms with Crippen molar-refractivity contribution in [3.8, 4) is 0 Å². The van der Waals surface area contributed by atoms with Gasteiger partial charge in [0.25, 0.3) is 0 Å². The van der Waals surface area contributed by atoms with E-state index in [2.05, 4.69) is 24.3 Å². The molecule has 154 valence electrons. The third kappa shape index (κ3) is 3.85. The zero-order valence-electron chi connectivity index (χ0n) is 17.0. The fraction of sp³-hybridized carbons (Fsp3) is 0.583. The van der Waals surface area contributed by atoms with Crippen molar-refractivity contribution in [2.45, 2.75) is 63.3 Å². The fourth-order valence-electron chi connectivity index (χ4n) is 5.29. The molecule has 1 aromatic carbocycles. The smallest absolute Gasteiger partial charge is 0.230 e. The molecule has 0 bridgehead atoms. The van der Waals surface area contributed by atoms with E-state index in [9.17, 15) is 4.79 Å². The van der Waals surface area contributed by atoms with E-state index < -0.39 is 0 Å². The van der Waals surface area contributed by atoms with Crippen LogP contribution < -0.4 is 0 Å². The van der Waals surface area contributed by atoms with Crippen molar-refractivity contribution in [2.75, 3.05) is 19.8 Å². The molecule has 5 heteroatoms. The molecule has 2 aliphatic heterocycles. The van der Waals surface area contributed by atoms with E-state index in [0.717, 1.165) is 69.2 Å². The van der Waals surface area contributed by atoms with Gasteiger partial charge in [0, 0.05) is 32.1 Å². The highest BCUT2D eigenvalue weighted by Crippen LogP contribution is 2.39. The van der Waals surface area contributed by atoms with Crippen LogP contribution in [0.15, 0.2) is 34.7 Å². The van der Waals surface area contributed by atoms with Gasteiger partial charge in [-0.15, -0.1) is 0 Å². The molecule has 2 fully saturated rings. The first-order valence-electron chi connectivity index (χ1n) is 11.2. The number of ether oxygens (including phenoxy) is 1. The van der Waals surface area contributed by atoms with Gasteiger partial charge in [-0.05, 0) is 37.2 Å². The molecule has 0 radical (unpaired) electrons. The zero-order chi connectivity index (χ0) is 19.6. The van der Waals surface area contributed by atoms with Gasteiger partial charge in [-0.1, -0.05) is 43.2 Å². The number of carbonyl (C=O) groups is 1. The number of rotatable bonds is 4. The average molecular weight is 395 g/mol. The van der Waals surface area contributed by atoms with Crippen LogP contribution in [0.4, 0.5) is 0 Å². The molecule has 1 aromatic heterocycles. The van der Waals surface area contributed by atoms with Gasteiger partial charge in [-0.3, -0.25) is 4.79 Å².